The van der Waals surface area contributed by atoms with E-state index < -0.39 is 0 Å². The van der Waals surface area contributed by atoms with Gasteiger partial charge in [-0.3, -0.25) is 4.90 Å². The number of aliphatic hydroxyl groups is 1. The van der Waals surface area contributed by atoms with Crippen LogP contribution in [-0.4, -0.2) is 60.8 Å². The number of likely N-dealkylation sites (N-methyl/N-ethyl adjacent to an activating group) is 1. The molecule has 0 saturated carbocycles. The molecule has 2 unspecified atom stereocenters. The molecule has 2 aliphatic heterocycles. The van der Waals surface area contributed by atoms with Crippen LogP contribution in [0.4, 0.5) is 0 Å². The SMILES string of the molecule is CN1CCC(N2CCC(CO)C2)C1. The third-order valence-corrected chi connectivity index (χ3v) is 3.46. The molecule has 0 aromatic rings. The van der Waals surface area contributed by atoms with Crippen molar-refractivity contribution in [3.8, 4) is 0 Å². The number of likely N-dealkylation sites (tertiary alicyclic amines) is 2. The zero-order chi connectivity index (χ0) is 9.26. The van der Waals surface area contributed by atoms with Crippen LogP contribution in [-0.2, 0) is 0 Å². The van der Waals surface area contributed by atoms with Crippen LogP contribution in [0.5, 0.6) is 0 Å². The van der Waals surface area contributed by atoms with Crippen molar-refractivity contribution < 1.29 is 5.11 Å². The van der Waals surface area contributed by atoms with E-state index in [0.29, 0.717) is 12.5 Å². The van der Waals surface area contributed by atoms with Gasteiger partial charge in [-0.1, -0.05) is 0 Å². The Labute approximate surface area is 80.3 Å². The quantitative estimate of drug-likeness (QED) is 0.654. The summed E-state index contributed by atoms with van der Waals surface area (Å²) in [6, 6.07) is 0.765. The molecule has 2 rings (SSSR count). The van der Waals surface area contributed by atoms with E-state index in [1.54, 1.807) is 0 Å². The fourth-order valence-corrected chi connectivity index (χ4v) is 2.55. The van der Waals surface area contributed by atoms with E-state index in [2.05, 4.69) is 16.8 Å². The van der Waals surface area contributed by atoms with Gasteiger partial charge in [0.2, 0.25) is 0 Å². The highest BCUT2D eigenvalue weighted by molar-refractivity contribution is 4.86. The Hall–Kier alpha value is -0.120. The number of aliphatic hydroxyl groups excluding tert-OH is 1. The van der Waals surface area contributed by atoms with Crippen LogP contribution >= 0.6 is 0 Å². The normalized spacial score (nSPS) is 37.4. The molecule has 0 aromatic carbocycles. The number of hydrogen-bond acceptors (Lipinski definition) is 3. The predicted octanol–water partition coefficient (Wildman–Crippen LogP) is 0.00470. The van der Waals surface area contributed by atoms with Crippen LogP contribution in [0.15, 0.2) is 0 Å². The van der Waals surface area contributed by atoms with Gasteiger partial charge < -0.3 is 10.0 Å². The lowest BCUT2D eigenvalue weighted by atomic mass is 10.1. The van der Waals surface area contributed by atoms with E-state index in [1.165, 1.54) is 32.5 Å². The molecule has 1 N–H and O–H groups in total. The topological polar surface area (TPSA) is 26.7 Å². The van der Waals surface area contributed by atoms with Gasteiger partial charge in [0.1, 0.15) is 0 Å². The molecule has 0 aromatic heterocycles. The Morgan fingerprint density at radius 1 is 1.23 bits per heavy atom. The first-order valence-electron chi connectivity index (χ1n) is 5.33. The molecular weight excluding hydrogens is 164 g/mol. The van der Waals surface area contributed by atoms with Crippen molar-refractivity contribution in [3.05, 3.63) is 0 Å². The molecule has 0 bridgehead atoms. The second-order valence-electron chi connectivity index (χ2n) is 4.54. The molecule has 0 spiro atoms. The summed E-state index contributed by atoms with van der Waals surface area (Å²) in [6.45, 7) is 5.15. The lowest BCUT2D eigenvalue weighted by molar-refractivity contribution is 0.198. The molecule has 0 amide bonds. The van der Waals surface area contributed by atoms with Crippen molar-refractivity contribution in [1.82, 2.24) is 9.80 Å². The van der Waals surface area contributed by atoms with Gasteiger partial charge in [0, 0.05) is 25.7 Å². The van der Waals surface area contributed by atoms with Crippen LogP contribution in [0.25, 0.3) is 0 Å². The largest absolute Gasteiger partial charge is 0.396 e. The number of hydrogen-bond donors (Lipinski definition) is 1. The first-order chi connectivity index (χ1) is 6.29. The molecule has 0 radical (unpaired) electrons. The molecule has 13 heavy (non-hydrogen) atoms. The van der Waals surface area contributed by atoms with E-state index >= 15 is 0 Å². The summed E-state index contributed by atoms with van der Waals surface area (Å²) < 4.78 is 0. The summed E-state index contributed by atoms with van der Waals surface area (Å²) in [6.07, 6.45) is 2.51. The summed E-state index contributed by atoms with van der Waals surface area (Å²) in [7, 11) is 2.19. The van der Waals surface area contributed by atoms with Crippen LogP contribution in [0.1, 0.15) is 12.8 Å². The van der Waals surface area contributed by atoms with Crippen LogP contribution in [0, 0.1) is 5.92 Å². The van der Waals surface area contributed by atoms with Crippen molar-refractivity contribution in [2.24, 2.45) is 5.92 Å². The Balaban J connectivity index is 1.82. The van der Waals surface area contributed by atoms with E-state index in [9.17, 15) is 0 Å². The molecular formula is C10H20N2O. The van der Waals surface area contributed by atoms with Gasteiger partial charge in [-0.2, -0.15) is 0 Å². The number of rotatable bonds is 2. The van der Waals surface area contributed by atoms with Gasteiger partial charge in [-0.25, -0.2) is 0 Å². The first kappa shape index (κ1) is 9.44. The zero-order valence-corrected chi connectivity index (χ0v) is 8.45. The first-order valence-corrected chi connectivity index (χ1v) is 5.33. The second kappa shape index (κ2) is 3.95. The van der Waals surface area contributed by atoms with Crippen LogP contribution in [0.2, 0.25) is 0 Å². The maximum atomic E-state index is 9.04. The predicted molar refractivity (Wildman–Crippen MR) is 52.7 cm³/mol. The van der Waals surface area contributed by atoms with E-state index in [-0.39, 0.29) is 0 Å². The van der Waals surface area contributed by atoms with E-state index in [1.807, 2.05) is 0 Å². The molecule has 3 nitrogen and oxygen atoms in total. The van der Waals surface area contributed by atoms with Gasteiger partial charge in [-0.05, 0) is 38.9 Å². The van der Waals surface area contributed by atoms with Crippen molar-refractivity contribution in [2.75, 3.05) is 39.8 Å². The standard InChI is InChI=1S/C10H20N2O/c1-11-4-3-10(7-11)12-5-2-9(6-12)8-13/h9-10,13H,2-8H2,1H3. The minimum Gasteiger partial charge on any atom is -0.396 e. The van der Waals surface area contributed by atoms with Crippen molar-refractivity contribution >= 4 is 0 Å². The number of nitrogens with zero attached hydrogens (tertiary/aromatic N) is 2. The summed E-state index contributed by atoms with van der Waals surface area (Å²) in [5.41, 5.74) is 0. The molecule has 2 saturated heterocycles. The lowest BCUT2D eigenvalue weighted by Gasteiger charge is -2.23. The van der Waals surface area contributed by atoms with E-state index in [4.69, 9.17) is 5.11 Å². The maximum absolute atomic E-state index is 9.04. The fraction of sp³-hybridized carbons (Fsp3) is 1.00. The van der Waals surface area contributed by atoms with Gasteiger partial charge in [0.05, 0.1) is 0 Å². The Kier molecular flexibility index (Phi) is 2.86. The molecule has 2 fully saturated rings. The average molecular weight is 184 g/mol. The fourth-order valence-electron chi connectivity index (χ4n) is 2.55. The summed E-state index contributed by atoms with van der Waals surface area (Å²) in [5, 5.41) is 9.04. The van der Waals surface area contributed by atoms with Crippen molar-refractivity contribution in [2.45, 2.75) is 18.9 Å². The van der Waals surface area contributed by atoms with E-state index in [0.717, 1.165) is 12.6 Å². The Morgan fingerprint density at radius 3 is 2.62 bits per heavy atom. The van der Waals surface area contributed by atoms with Gasteiger partial charge in [-0.15, -0.1) is 0 Å². The Bertz CT molecular complexity index is 174. The van der Waals surface area contributed by atoms with Crippen LogP contribution < -0.4 is 0 Å². The highest BCUT2D eigenvalue weighted by Gasteiger charge is 2.30. The Morgan fingerprint density at radius 2 is 2.08 bits per heavy atom. The average Bonchev–Trinajstić information content (AvgIpc) is 2.71. The monoisotopic (exact) mass is 184 g/mol. The molecule has 76 valence electrons. The molecule has 3 heteroatoms. The second-order valence-corrected chi connectivity index (χ2v) is 4.54. The highest BCUT2D eigenvalue weighted by atomic mass is 16.3. The summed E-state index contributed by atoms with van der Waals surface area (Å²) >= 11 is 0. The summed E-state index contributed by atoms with van der Waals surface area (Å²) in [4.78, 5) is 4.96. The van der Waals surface area contributed by atoms with Gasteiger partial charge in [0.15, 0.2) is 0 Å². The summed E-state index contributed by atoms with van der Waals surface area (Å²) in [5.74, 6) is 0.547. The van der Waals surface area contributed by atoms with Gasteiger partial charge in [0.25, 0.3) is 0 Å². The lowest BCUT2D eigenvalue weighted by Crippen LogP contribution is -2.35. The molecule has 0 aliphatic carbocycles. The minimum atomic E-state index is 0.374. The van der Waals surface area contributed by atoms with Crippen molar-refractivity contribution in [1.29, 1.82) is 0 Å². The molecule has 2 atom stereocenters. The maximum Gasteiger partial charge on any atom is 0.0471 e. The van der Waals surface area contributed by atoms with Crippen LogP contribution in [0.3, 0.4) is 0 Å². The third-order valence-electron chi connectivity index (χ3n) is 3.46. The highest BCUT2D eigenvalue weighted by Crippen LogP contribution is 2.22. The van der Waals surface area contributed by atoms with Gasteiger partial charge >= 0.3 is 0 Å². The van der Waals surface area contributed by atoms with Crippen molar-refractivity contribution in [3.63, 3.8) is 0 Å². The smallest absolute Gasteiger partial charge is 0.0471 e. The minimum absolute atomic E-state index is 0.374. The third kappa shape index (κ3) is 2.03. The molecule has 2 aliphatic rings. The molecule has 2 heterocycles. The zero-order valence-electron chi connectivity index (χ0n) is 8.45.